The average Bonchev–Trinajstić information content (AvgIpc) is 2.15. The van der Waals surface area contributed by atoms with E-state index in [-0.39, 0.29) is 0 Å². The Kier molecular flexibility index (Phi) is 3.64. The summed E-state index contributed by atoms with van der Waals surface area (Å²) in [5.41, 5.74) is 7.32. The molecule has 0 saturated carbocycles. The second kappa shape index (κ2) is 4.77. The summed E-state index contributed by atoms with van der Waals surface area (Å²) in [5, 5.41) is 3.21. The SMILES string of the molecule is CCCNc1cnccc1C(N)=S. The molecule has 3 N–H and O–H groups in total. The van der Waals surface area contributed by atoms with Gasteiger partial charge in [-0.2, -0.15) is 0 Å². The van der Waals surface area contributed by atoms with Gasteiger partial charge in [0.15, 0.2) is 0 Å². The van der Waals surface area contributed by atoms with Crippen LogP contribution in [0.1, 0.15) is 18.9 Å². The molecule has 4 heteroatoms. The average molecular weight is 195 g/mol. The van der Waals surface area contributed by atoms with Crippen LogP contribution in [0.25, 0.3) is 0 Å². The number of rotatable bonds is 4. The fraction of sp³-hybridized carbons (Fsp3) is 0.333. The van der Waals surface area contributed by atoms with Crippen LogP contribution in [-0.4, -0.2) is 16.5 Å². The number of thiocarbonyl (C=S) groups is 1. The van der Waals surface area contributed by atoms with E-state index < -0.39 is 0 Å². The molecular weight excluding hydrogens is 182 g/mol. The maximum absolute atomic E-state index is 5.55. The van der Waals surface area contributed by atoms with Gasteiger partial charge in [-0.25, -0.2) is 0 Å². The molecule has 1 aromatic heterocycles. The molecule has 0 aromatic carbocycles. The molecule has 0 aliphatic carbocycles. The van der Waals surface area contributed by atoms with E-state index in [2.05, 4.69) is 17.2 Å². The first-order valence-electron chi connectivity index (χ1n) is 4.23. The lowest BCUT2D eigenvalue weighted by Gasteiger charge is -2.08. The van der Waals surface area contributed by atoms with E-state index in [0.717, 1.165) is 24.2 Å². The fourth-order valence-corrected chi connectivity index (χ4v) is 1.19. The predicted molar refractivity (Wildman–Crippen MR) is 58.9 cm³/mol. The van der Waals surface area contributed by atoms with Gasteiger partial charge in [-0.1, -0.05) is 19.1 Å². The van der Waals surface area contributed by atoms with Gasteiger partial charge in [0.05, 0.1) is 11.9 Å². The molecule has 1 heterocycles. The Morgan fingerprint density at radius 2 is 2.46 bits per heavy atom. The number of nitrogens with one attached hydrogen (secondary N) is 1. The zero-order chi connectivity index (χ0) is 9.68. The summed E-state index contributed by atoms with van der Waals surface area (Å²) in [6, 6.07) is 1.82. The first-order chi connectivity index (χ1) is 6.25. The highest BCUT2D eigenvalue weighted by atomic mass is 32.1. The molecule has 0 radical (unpaired) electrons. The minimum atomic E-state index is 0.404. The first kappa shape index (κ1) is 9.92. The van der Waals surface area contributed by atoms with E-state index in [9.17, 15) is 0 Å². The molecule has 3 nitrogen and oxygen atoms in total. The van der Waals surface area contributed by atoms with Crippen molar-refractivity contribution in [2.24, 2.45) is 5.73 Å². The number of hydrogen-bond donors (Lipinski definition) is 2. The third kappa shape index (κ3) is 2.66. The number of anilines is 1. The largest absolute Gasteiger partial charge is 0.389 e. The van der Waals surface area contributed by atoms with E-state index in [1.54, 1.807) is 12.4 Å². The maximum atomic E-state index is 5.55. The van der Waals surface area contributed by atoms with Gasteiger partial charge in [0.25, 0.3) is 0 Å². The van der Waals surface area contributed by atoms with Crippen molar-refractivity contribution in [3.63, 3.8) is 0 Å². The number of aromatic nitrogens is 1. The van der Waals surface area contributed by atoms with Gasteiger partial charge < -0.3 is 11.1 Å². The predicted octanol–water partition coefficient (Wildman–Crippen LogP) is 1.54. The molecule has 0 amide bonds. The molecular formula is C9H13N3S. The van der Waals surface area contributed by atoms with Crippen LogP contribution < -0.4 is 11.1 Å². The summed E-state index contributed by atoms with van der Waals surface area (Å²) in [7, 11) is 0. The van der Waals surface area contributed by atoms with Crippen molar-refractivity contribution in [3.8, 4) is 0 Å². The summed E-state index contributed by atoms with van der Waals surface area (Å²) in [4.78, 5) is 4.41. The second-order valence-electron chi connectivity index (χ2n) is 2.71. The monoisotopic (exact) mass is 195 g/mol. The minimum absolute atomic E-state index is 0.404. The Bertz CT molecular complexity index is 299. The lowest BCUT2D eigenvalue weighted by Crippen LogP contribution is -2.13. The van der Waals surface area contributed by atoms with Crippen LogP contribution in [0.5, 0.6) is 0 Å². The van der Waals surface area contributed by atoms with E-state index in [1.165, 1.54) is 0 Å². The van der Waals surface area contributed by atoms with Gasteiger partial charge >= 0.3 is 0 Å². The third-order valence-corrected chi connectivity index (χ3v) is 1.87. The Balaban J connectivity index is 2.84. The minimum Gasteiger partial charge on any atom is -0.389 e. The third-order valence-electron chi connectivity index (χ3n) is 1.65. The standard InChI is InChI=1S/C9H13N3S/c1-2-4-12-8-6-11-5-3-7(8)9(10)13/h3,5-6,12H,2,4H2,1H3,(H2,10,13). The molecule has 0 saturated heterocycles. The molecule has 13 heavy (non-hydrogen) atoms. The van der Waals surface area contributed by atoms with Gasteiger partial charge in [-0.3, -0.25) is 4.98 Å². The van der Waals surface area contributed by atoms with E-state index in [0.29, 0.717) is 4.99 Å². The summed E-state index contributed by atoms with van der Waals surface area (Å²) >= 11 is 4.91. The van der Waals surface area contributed by atoms with Crippen molar-refractivity contribution in [2.75, 3.05) is 11.9 Å². The van der Waals surface area contributed by atoms with Crippen LogP contribution in [-0.2, 0) is 0 Å². The van der Waals surface area contributed by atoms with Crippen LogP contribution in [0.3, 0.4) is 0 Å². The lowest BCUT2D eigenvalue weighted by molar-refractivity contribution is 0.977. The summed E-state index contributed by atoms with van der Waals surface area (Å²) in [5.74, 6) is 0. The molecule has 0 aliphatic rings. The highest BCUT2D eigenvalue weighted by Crippen LogP contribution is 2.12. The van der Waals surface area contributed by atoms with Crippen molar-refractivity contribution in [1.82, 2.24) is 4.98 Å². The maximum Gasteiger partial charge on any atom is 0.106 e. The molecule has 0 bridgehead atoms. The highest BCUT2D eigenvalue weighted by molar-refractivity contribution is 7.80. The molecule has 0 fully saturated rings. The first-order valence-corrected chi connectivity index (χ1v) is 4.64. The topological polar surface area (TPSA) is 50.9 Å². The van der Waals surface area contributed by atoms with Gasteiger partial charge in [-0.05, 0) is 12.5 Å². The van der Waals surface area contributed by atoms with E-state index >= 15 is 0 Å². The van der Waals surface area contributed by atoms with Gasteiger partial charge in [0.2, 0.25) is 0 Å². The van der Waals surface area contributed by atoms with Crippen molar-refractivity contribution in [1.29, 1.82) is 0 Å². The number of nitrogens with two attached hydrogens (primary N) is 1. The number of pyridine rings is 1. The quantitative estimate of drug-likeness (QED) is 0.715. The fourth-order valence-electron chi connectivity index (χ4n) is 1.01. The normalized spacial score (nSPS) is 9.62. The molecule has 0 aliphatic heterocycles. The summed E-state index contributed by atoms with van der Waals surface area (Å²) in [6.45, 7) is 3.01. The molecule has 0 atom stereocenters. The zero-order valence-electron chi connectivity index (χ0n) is 7.58. The van der Waals surface area contributed by atoms with Crippen molar-refractivity contribution in [2.45, 2.75) is 13.3 Å². The summed E-state index contributed by atoms with van der Waals surface area (Å²) in [6.07, 6.45) is 4.49. The van der Waals surface area contributed by atoms with E-state index in [4.69, 9.17) is 18.0 Å². The smallest absolute Gasteiger partial charge is 0.106 e. The summed E-state index contributed by atoms with van der Waals surface area (Å²) < 4.78 is 0. The highest BCUT2D eigenvalue weighted by Gasteiger charge is 2.02. The van der Waals surface area contributed by atoms with Crippen molar-refractivity contribution < 1.29 is 0 Å². The molecule has 70 valence electrons. The number of hydrogen-bond acceptors (Lipinski definition) is 3. The number of nitrogens with zero attached hydrogens (tertiary/aromatic N) is 1. The molecule has 1 aromatic rings. The zero-order valence-corrected chi connectivity index (χ0v) is 8.40. The van der Waals surface area contributed by atoms with E-state index in [1.807, 2.05) is 6.07 Å². The van der Waals surface area contributed by atoms with Crippen LogP contribution in [0.2, 0.25) is 0 Å². The Hall–Kier alpha value is -1.16. The lowest BCUT2D eigenvalue weighted by atomic mass is 10.2. The van der Waals surface area contributed by atoms with Crippen LogP contribution >= 0.6 is 12.2 Å². The Morgan fingerprint density at radius 3 is 3.08 bits per heavy atom. The van der Waals surface area contributed by atoms with Crippen molar-refractivity contribution in [3.05, 3.63) is 24.0 Å². The molecule has 1 rings (SSSR count). The van der Waals surface area contributed by atoms with Crippen molar-refractivity contribution >= 4 is 22.9 Å². The van der Waals surface area contributed by atoms with Gasteiger partial charge in [0.1, 0.15) is 4.99 Å². The van der Waals surface area contributed by atoms with Crippen LogP contribution in [0, 0.1) is 0 Å². The van der Waals surface area contributed by atoms with Gasteiger partial charge in [-0.15, -0.1) is 0 Å². The van der Waals surface area contributed by atoms with Crippen LogP contribution in [0.4, 0.5) is 5.69 Å². The Labute approximate surface area is 83.4 Å². The van der Waals surface area contributed by atoms with Crippen LogP contribution in [0.15, 0.2) is 18.5 Å². The molecule has 0 spiro atoms. The second-order valence-corrected chi connectivity index (χ2v) is 3.15. The Morgan fingerprint density at radius 1 is 1.69 bits per heavy atom. The molecule has 0 unspecified atom stereocenters. The van der Waals surface area contributed by atoms with Gasteiger partial charge in [0, 0.05) is 18.3 Å².